The lowest BCUT2D eigenvalue weighted by Gasteiger charge is -2.27. The van der Waals surface area contributed by atoms with Crippen molar-refractivity contribution in [1.29, 1.82) is 0 Å². The number of aromatic nitrogens is 1. The first-order valence-electron chi connectivity index (χ1n) is 20.2. The second-order valence-electron chi connectivity index (χ2n) is 15.3. The van der Waals surface area contributed by atoms with Gasteiger partial charge >= 0.3 is 0 Å². The molecule has 0 radical (unpaired) electrons. The van der Waals surface area contributed by atoms with Gasteiger partial charge in [-0.2, -0.15) is 0 Å². The minimum absolute atomic E-state index is 0.861. The van der Waals surface area contributed by atoms with E-state index in [1.807, 2.05) is 12.1 Å². The molecule has 0 N–H and O–H groups in total. The van der Waals surface area contributed by atoms with Crippen LogP contribution in [0.1, 0.15) is 0 Å². The second-order valence-corrected chi connectivity index (χ2v) is 15.3. The number of nitrogens with zero attached hydrogens (tertiary/aromatic N) is 2. The van der Waals surface area contributed by atoms with Gasteiger partial charge in [0.15, 0.2) is 0 Å². The Morgan fingerprint density at radius 2 is 0.847 bits per heavy atom. The van der Waals surface area contributed by atoms with Crippen molar-refractivity contribution < 1.29 is 4.42 Å². The van der Waals surface area contributed by atoms with Crippen molar-refractivity contribution in [3.8, 4) is 27.9 Å². The first-order chi connectivity index (χ1) is 29.2. The number of furan rings is 1. The quantitative estimate of drug-likeness (QED) is 0.169. The van der Waals surface area contributed by atoms with Gasteiger partial charge in [0.25, 0.3) is 0 Å². The van der Waals surface area contributed by atoms with Crippen LogP contribution in [0, 0.1) is 0 Å². The van der Waals surface area contributed by atoms with Crippen molar-refractivity contribution in [2.24, 2.45) is 0 Å². The maximum Gasteiger partial charge on any atom is 0.137 e. The van der Waals surface area contributed by atoms with Crippen LogP contribution >= 0.6 is 0 Å². The minimum atomic E-state index is 0.861. The Balaban J connectivity index is 1.07. The zero-order valence-corrected chi connectivity index (χ0v) is 32.1. The van der Waals surface area contributed by atoms with Crippen molar-refractivity contribution in [3.63, 3.8) is 0 Å². The molecule has 276 valence electrons. The van der Waals surface area contributed by atoms with Crippen LogP contribution in [-0.4, -0.2) is 4.57 Å². The molecule has 0 unspecified atom stereocenters. The Hall–Kier alpha value is -7.88. The largest absolute Gasteiger partial charge is 0.456 e. The Morgan fingerprint density at radius 1 is 0.322 bits per heavy atom. The third-order valence-corrected chi connectivity index (χ3v) is 11.9. The molecular weight excluding hydrogens is 717 g/mol. The van der Waals surface area contributed by atoms with E-state index in [0.29, 0.717) is 0 Å². The summed E-state index contributed by atoms with van der Waals surface area (Å²) in [7, 11) is 0. The third kappa shape index (κ3) is 5.44. The molecule has 0 amide bonds. The molecule has 3 heteroatoms. The molecule has 0 aliphatic carbocycles. The first-order valence-corrected chi connectivity index (χ1v) is 20.2. The van der Waals surface area contributed by atoms with Gasteiger partial charge in [-0.05, 0) is 111 Å². The Kier molecular flexibility index (Phi) is 7.54. The molecule has 2 aromatic heterocycles. The predicted molar refractivity (Wildman–Crippen MR) is 249 cm³/mol. The summed E-state index contributed by atoms with van der Waals surface area (Å²) in [5, 5.41) is 9.60. The van der Waals surface area contributed by atoms with E-state index in [0.717, 1.165) is 55.8 Å². The summed E-state index contributed by atoms with van der Waals surface area (Å²) in [6.07, 6.45) is 0. The molecule has 0 saturated heterocycles. The fourth-order valence-corrected chi connectivity index (χ4v) is 9.27. The van der Waals surface area contributed by atoms with Gasteiger partial charge in [-0.25, -0.2) is 0 Å². The molecule has 0 saturated carbocycles. The summed E-state index contributed by atoms with van der Waals surface area (Å²) in [4.78, 5) is 2.36. The fourth-order valence-electron chi connectivity index (χ4n) is 9.27. The fraction of sp³-hybridized carbons (Fsp3) is 0. The summed E-state index contributed by atoms with van der Waals surface area (Å²) in [5.41, 5.74) is 13.1. The van der Waals surface area contributed by atoms with E-state index < -0.39 is 0 Å². The first kappa shape index (κ1) is 33.3. The van der Waals surface area contributed by atoms with Crippen LogP contribution in [0.2, 0.25) is 0 Å². The number of hydrogen-bond acceptors (Lipinski definition) is 2. The van der Waals surface area contributed by atoms with Crippen LogP contribution in [0.3, 0.4) is 0 Å². The molecule has 12 rings (SSSR count). The van der Waals surface area contributed by atoms with Gasteiger partial charge in [0.05, 0.1) is 11.0 Å². The number of rotatable bonds is 6. The van der Waals surface area contributed by atoms with E-state index in [1.54, 1.807) is 0 Å². The van der Waals surface area contributed by atoms with Crippen molar-refractivity contribution >= 4 is 82.4 Å². The van der Waals surface area contributed by atoms with Gasteiger partial charge in [0.2, 0.25) is 0 Å². The lowest BCUT2D eigenvalue weighted by molar-refractivity contribution is 0.669. The molecule has 0 atom stereocenters. The average molecular weight is 753 g/mol. The van der Waals surface area contributed by atoms with Gasteiger partial charge in [0.1, 0.15) is 11.2 Å². The maximum atomic E-state index is 6.48. The van der Waals surface area contributed by atoms with Crippen molar-refractivity contribution in [3.05, 3.63) is 218 Å². The SMILES string of the molecule is c1cc(-c2cccc3ccccc23)cc(N(c2cccc(-c3cc(-n4c5ccccc5c5ccccc54)cc4ccccc34)c2)c2ccc3c(c2)oc2ccccc23)c1. The number of para-hydroxylation sites is 3. The zero-order chi connectivity index (χ0) is 38.9. The summed E-state index contributed by atoms with van der Waals surface area (Å²) in [6, 6.07) is 78.9. The van der Waals surface area contributed by atoms with Crippen LogP contribution in [0.25, 0.3) is 93.2 Å². The Bertz CT molecular complexity index is 3530. The van der Waals surface area contributed by atoms with Gasteiger partial charge in [-0.3, -0.25) is 0 Å². The van der Waals surface area contributed by atoms with Crippen molar-refractivity contribution in [2.45, 2.75) is 0 Å². The number of hydrogen-bond donors (Lipinski definition) is 0. The number of benzene rings is 10. The average Bonchev–Trinajstić information content (AvgIpc) is 3.84. The summed E-state index contributed by atoms with van der Waals surface area (Å²) in [6.45, 7) is 0. The lowest BCUT2D eigenvalue weighted by Crippen LogP contribution is -2.10. The molecule has 0 aliphatic heterocycles. The highest BCUT2D eigenvalue weighted by atomic mass is 16.3. The smallest absolute Gasteiger partial charge is 0.137 e. The third-order valence-electron chi connectivity index (χ3n) is 11.9. The van der Waals surface area contributed by atoms with E-state index >= 15 is 0 Å². The zero-order valence-electron chi connectivity index (χ0n) is 32.1. The standard InChI is InChI=1S/C56H36N2O/c1-3-21-45-37(14-1)16-13-26-46(45)39-17-11-19-41(32-39)57(43-30-31-51-50-25-7-10-29-55(50)59-56(51)36-43)42-20-12-18-40(33-42)52-35-44(34-38-15-2-4-22-47(38)52)58-53-27-8-5-23-48(53)49-24-6-9-28-54(49)58/h1-36H. The minimum Gasteiger partial charge on any atom is -0.456 e. The van der Waals surface area contributed by atoms with Crippen LogP contribution in [0.5, 0.6) is 0 Å². The van der Waals surface area contributed by atoms with Crippen molar-refractivity contribution in [1.82, 2.24) is 4.57 Å². The molecule has 12 aromatic rings. The van der Waals surface area contributed by atoms with Gasteiger partial charge < -0.3 is 13.9 Å². The highest BCUT2D eigenvalue weighted by molar-refractivity contribution is 6.10. The van der Waals surface area contributed by atoms with Gasteiger partial charge in [-0.15, -0.1) is 0 Å². The van der Waals surface area contributed by atoms with E-state index in [2.05, 4.69) is 216 Å². The monoisotopic (exact) mass is 752 g/mol. The van der Waals surface area contributed by atoms with Crippen LogP contribution in [0.15, 0.2) is 223 Å². The van der Waals surface area contributed by atoms with Crippen LogP contribution < -0.4 is 4.90 Å². The summed E-state index contributed by atoms with van der Waals surface area (Å²) >= 11 is 0. The highest BCUT2D eigenvalue weighted by Gasteiger charge is 2.19. The summed E-state index contributed by atoms with van der Waals surface area (Å²) in [5.74, 6) is 0. The highest BCUT2D eigenvalue weighted by Crippen LogP contribution is 2.43. The molecular formula is C56H36N2O. The molecule has 0 fully saturated rings. The Labute approximate surface area is 341 Å². The molecule has 0 aliphatic rings. The van der Waals surface area contributed by atoms with Crippen LogP contribution in [0.4, 0.5) is 17.1 Å². The molecule has 3 nitrogen and oxygen atoms in total. The van der Waals surface area contributed by atoms with E-state index in [-0.39, 0.29) is 0 Å². The van der Waals surface area contributed by atoms with E-state index in [4.69, 9.17) is 4.42 Å². The number of anilines is 3. The lowest BCUT2D eigenvalue weighted by atomic mass is 9.96. The van der Waals surface area contributed by atoms with Gasteiger partial charge in [-0.1, -0.05) is 146 Å². The van der Waals surface area contributed by atoms with E-state index in [9.17, 15) is 0 Å². The Morgan fingerprint density at radius 3 is 1.58 bits per heavy atom. The molecule has 10 aromatic carbocycles. The second kappa shape index (κ2) is 13.4. The predicted octanol–water partition coefficient (Wildman–Crippen LogP) is 15.8. The van der Waals surface area contributed by atoms with Crippen LogP contribution in [-0.2, 0) is 0 Å². The van der Waals surface area contributed by atoms with E-state index in [1.165, 1.54) is 54.5 Å². The van der Waals surface area contributed by atoms with Gasteiger partial charge in [0, 0.05) is 50.4 Å². The molecule has 59 heavy (non-hydrogen) atoms. The molecule has 2 heterocycles. The van der Waals surface area contributed by atoms with Crippen molar-refractivity contribution in [2.75, 3.05) is 4.90 Å². The maximum absolute atomic E-state index is 6.48. The summed E-state index contributed by atoms with van der Waals surface area (Å²) < 4.78 is 8.89. The number of fused-ring (bicyclic) bond motifs is 8. The molecule has 0 bridgehead atoms. The normalized spacial score (nSPS) is 11.7. The molecule has 0 spiro atoms. The topological polar surface area (TPSA) is 21.3 Å².